The molecule has 3 aromatic rings. The second-order valence-electron chi connectivity index (χ2n) is 7.26. The molecule has 2 amide bonds. The van der Waals surface area contributed by atoms with Crippen LogP contribution in [0.3, 0.4) is 0 Å². The zero-order chi connectivity index (χ0) is 22.5. The molecule has 0 saturated carbocycles. The van der Waals surface area contributed by atoms with Crippen LogP contribution in [0, 0.1) is 6.92 Å². The van der Waals surface area contributed by atoms with E-state index in [0.29, 0.717) is 34.8 Å². The molecule has 8 nitrogen and oxygen atoms in total. The van der Waals surface area contributed by atoms with Crippen molar-refractivity contribution >= 4 is 46.6 Å². The molecule has 1 saturated heterocycles. The van der Waals surface area contributed by atoms with Crippen LogP contribution in [0.5, 0.6) is 0 Å². The van der Waals surface area contributed by atoms with E-state index in [-0.39, 0.29) is 17.6 Å². The van der Waals surface area contributed by atoms with E-state index in [9.17, 15) is 9.59 Å². The maximum Gasteiger partial charge on any atom is 0.277 e. The number of nitrogens with zero attached hydrogens (tertiary/aromatic N) is 4. The van der Waals surface area contributed by atoms with E-state index in [1.165, 1.54) is 11.8 Å². The summed E-state index contributed by atoms with van der Waals surface area (Å²) < 4.78 is 5.24. The first-order valence-electron chi connectivity index (χ1n) is 10.1. The molecule has 1 fully saturated rings. The van der Waals surface area contributed by atoms with Gasteiger partial charge in [-0.05, 0) is 48.5 Å². The van der Waals surface area contributed by atoms with Crippen LogP contribution in [0.25, 0.3) is 0 Å². The minimum atomic E-state index is -0.145. The summed E-state index contributed by atoms with van der Waals surface area (Å²) in [5.41, 5.74) is 2.42. The number of thioether (sulfide) groups is 1. The van der Waals surface area contributed by atoms with Crippen LogP contribution >= 0.6 is 23.4 Å². The lowest BCUT2D eigenvalue weighted by molar-refractivity contribution is -0.113. The topological polar surface area (TPSA) is 91.6 Å². The molecule has 0 unspecified atom stereocenters. The quantitative estimate of drug-likeness (QED) is 0.547. The number of carbonyl (C=O) groups is 2. The number of hydrogen-bond donors (Lipinski definition) is 1. The molecule has 10 heteroatoms. The van der Waals surface area contributed by atoms with Crippen molar-refractivity contribution in [1.82, 2.24) is 15.1 Å². The van der Waals surface area contributed by atoms with E-state index in [1.54, 1.807) is 31.2 Å². The highest BCUT2D eigenvalue weighted by Gasteiger charge is 2.22. The number of rotatable bonds is 6. The van der Waals surface area contributed by atoms with Gasteiger partial charge < -0.3 is 19.5 Å². The predicted octanol–water partition coefficient (Wildman–Crippen LogP) is 3.72. The zero-order valence-electron chi connectivity index (χ0n) is 17.5. The van der Waals surface area contributed by atoms with Gasteiger partial charge in [-0.25, -0.2) is 0 Å². The van der Waals surface area contributed by atoms with E-state index in [2.05, 4.69) is 20.4 Å². The van der Waals surface area contributed by atoms with Crippen molar-refractivity contribution in [3.8, 4) is 0 Å². The maximum atomic E-state index is 12.7. The van der Waals surface area contributed by atoms with Crippen LogP contribution in [0.2, 0.25) is 5.02 Å². The fraction of sp³-hybridized carbons (Fsp3) is 0.273. The summed E-state index contributed by atoms with van der Waals surface area (Å²) in [5.74, 6) is 0.534. The summed E-state index contributed by atoms with van der Waals surface area (Å²) in [6, 6.07) is 14.7. The van der Waals surface area contributed by atoms with Crippen LogP contribution in [-0.2, 0) is 4.79 Å². The molecule has 0 atom stereocenters. The van der Waals surface area contributed by atoms with Gasteiger partial charge in [0.25, 0.3) is 11.1 Å². The van der Waals surface area contributed by atoms with Gasteiger partial charge in [0.15, 0.2) is 0 Å². The molecule has 0 bridgehead atoms. The highest BCUT2D eigenvalue weighted by molar-refractivity contribution is 7.99. The van der Waals surface area contributed by atoms with Crippen molar-refractivity contribution in [2.45, 2.75) is 12.1 Å². The van der Waals surface area contributed by atoms with Crippen molar-refractivity contribution < 1.29 is 14.0 Å². The van der Waals surface area contributed by atoms with Gasteiger partial charge in [-0.15, -0.1) is 10.2 Å². The molecule has 32 heavy (non-hydrogen) atoms. The average molecular weight is 472 g/mol. The monoisotopic (exact) mass is 471 g/mol. The zero-order valence-corrected chi connectivity index (χ0v) is 19.0. The fourth-order valence-corrected chi connectivity index (χ4v) is 4.09. The third kappa shape index (κ3) is 5.60. The average Bonchev–Trinajstić information content (AvgIpc) is 3.23. The Balaban J connectivity index is 1.26. The maximum absolute atomic E-state index is 12.7. The number of carbonyl (C=O) groups excluding carboxylic acids is 2. The molecule has 166 valence electrons. The van der Waals surface area contributed by atoms with Gasteiger partial charge in [0.1, 0.15) is 0 Å². The third-order valence-corrected chi connectivity index (χ3v) is 6.08. The second-order valence-corrected chi connectivity index (χ2v) is 8.62. The van der Waals surface area contributed by atoms with E-state index in [1.807, 2.05) is 29.2 Å². The first kappa shape index (κ1) is 22.2. The van der Waals surface area contributed by atoms with Crippen molar-refractivity contribution in [2.75, 3.05) is 42.1 Å². The molecule has 0 radical (unpaired) electrons. The lowest BCUT2D eigenvalue weighted by atomic mass is 10.1. The number of anilines is 2. The summed E-state index contributed by atoms with van der Waals surface area (Å²) in [7, 11) is 0. The lowest BCUT2D eigenvalue weighted by Crippen LogP contribution is -2.48. The Kier molecular flexibility index (Phi) is 6.96. The van der Waals surface area contributed by atoms with Crippen LogP contribution in [0.15, 0.2) is 58.2 Å². The molecule has 0 spiro atoms. The van der Waals surface area contributed by atoms with E-state index < -0.39 is 0 Å². The first-order chi connectivity index (χ1) is 15.5. The summed E-state index contributed by atoms with van der Waals surface area (Å²) in [6.45, 7) is 4.48. The van der Waals surface area contributed by atoms with Crippen molar-refractivity contribution in [2.24, 2.45) is 0 Å². The van der Waals surface area contributed by atoms with E-state index >= 15 is 0 Å². The summed E-state index contributed by atoms with van der Waals surface area (Å²) in [4.78, 5) is 28.9. The number of aromatic nitrogens is 2. The minimum absolute atomic E-state index is 0.0212. The standard InChI is InChI=1S/C22H22ClN5O3S/c1-15-25-26-22(31-15)32-14-20(29)24-18-6-8-19(9-7-18)27-10-12-28(13-11-27)21(30)16-2-4-17(23)5-3-16/h2-9H,10-14H2,1H3,(H,24,29). The highest BCUT2D eigenvalue weighted by Crippen LogP contribution is 2.21. The van der Waals surface area contributed by atoms with E-state index in [0.717, 1.165) is 24.5 Å². The number of nitrogens with one attached hydrogen (secondary N) is 1. The highest BCUT2D eigenvalue weighted by atomic mass is 35.5. The summed E-state index contributed by atoms with van der Waals surface area (Å²) in [6.07, 6.45) is 0. The third-order valence-electron chi connectivity index (χ3n) is 5.01. The molecule has 4 rings (SSSR count). The largest absolute Gasteiger partial charge is 0.416 e. The lowest BCUT2D eigenvalue weighted by Gasteiger charge is -2.36. The molecular formula is C22H22ClN5O3S. The Morgan fingerprint density at radius 2 is 1.72 bits per heavy atom. The summed E-state index contributed by atoms with van der Waals surface area (Å²) in [5, 5.41) is 11.4. The number of benzene rings is 2. The Morgan fingerprint density at radius 1 is 1.03 bits per heavy atom. The first-order valence-corrected chi connectivity index (χ1v) is 11.5. The molecule has 1 aliphatic heterocycles. The number of aryl methyl sites for hydroxylation is 1. The van der Waals surface area contributed by atoms with Gasteiger partial charge in [-0.2, -0.15) is 0 Å². The van der Waals surface area contributed by atoms with Gasteiger partial charge >= 0.3 is 0 Å². The van der Waals surface area contributed by atoms with Crippen molar-refractivity contribution in [3.63, 3.8) is 0 Å². The normalized spacial score (nSPS) is 13.8. The van der Waals surface area contributed by atoms with Gasteiger partial charge in [0, 0.05) is 55.1 Å². The SMILES string of the molecule is Cc1nnc(SCC(=O)Nc2ccc(N3CCN(C(=O)c4ccc(Cl)cc4)CC3)cc2)o1. The van der Waals surface area contributed by atoms with Gasteiger partial charge in [-0.1, -0.05) is 23.4 Å². The molecule has 1 N–H and O–H groups in total. The van der Waals surface area contributed by atoms with E-state index in [4.69, 9.17) is 16.0 Å². The molecule has 2 heterocycles. The van der Waals surface area contributed by atoms with Gasteiger partial charge in [-0.3, -0.25) is 9.59 Å². The molecule has 0 aliphatic carbocycles. The van der Waals surface area contributed by atoms with Crippen LogP contribution in [-0.4, -0.2) is 58.8 Å². The Bertz CT molecular complexity index is 1080. The Labute approximate surface area is 194 Å². The predicted molar refractivity (Wildman–Crippen MR) is 124 cm³/mol. The van der Waals surface area contributed by atoms with Crippen LogP contribution < -0.4 is 10.2 Å². The van der Waals surface area contributed by atoms with Crippen molar-refractivity contribution in [1.29, 1.82) is 0 Å². The number of halogens is 1. The fourth-order valence-electron chi connectivity index (χ4n) is 3.36. The Hall–Kier alpha value is -3.04. The minimum Gasteiger partial charge on any atom is -0.416 e. The van der Waals surface area contributed by atoms with Gasteiger partial charge in [0.05, 0.1) is 5.75 Å². The number of hydrogen-bond acceptors (Lipinski definition) is 7. The van der Waals surface area contributed by atoms with Crippen molar-refractivity contribution in [3.05, 3.63) is 65.0 Å². The molecular weight excluding hydrogens is 450 g/mol. The second kappa shape index (κ2) is 10.1. The van der Waals surface area contributed by atoms with Crippen LogP contribution in [0.1, 0.15) is 16.2 Å². The van der Waals surface area contributed by atoms with Gasteiger partial charge in [0.2, 0.25) is 11.8 Å². The number of piperazine rings is 1. The molecule has 1 aliphatic rings. The molecule has 1 aromatic heterocycles. The van der Waals surface area contributed by atoms with Crippen LogP contribution in [0.4, 0.5) is 11.4 Å². The summed E-state index contributed by atoms with van der Waals surface area (Å²) >= 11 is 7.10. The Morgan fingerprint density at radius 3 is 2.34 bits per heavy atom. The molecule has 2 aromatic carbocycles. The number of amides is 2. The smallest absolute Gasteiger partial charge is 0.277 e.